The summed E-state index contributed by atoms with van der Waals surface area (Å²) in [6.45, 7) is 2.53. The van der Waals surface area contributed by atoms with E-state index in [0.717, 1.165) is 18.6 Å². The molecule has 20 heavy (non-hydrogen) atoms. The normalized spacial score (nSPS) is 13.7. The van der Waals surface area contributed by atoms with Crippen LogP contribution in [0.1, 0.15) is 19.8 Å². The zero-order chi connectivity index (χ0) is 14.4. The Kier molecular flexibility index (Phi) is 4.60. The molecule has 0 aromatic heterocycles. The highest BCUT2D eigenvalue weighted by molar-refractivity contribution is 5.83. The van der Waals surface area contributed by atoms with Gasteiger partial charge in [-0.25, -0.2) is 0 Å². The van der Waals surface area contributed by atoms with Crippen molar-refractivity contribution in [2.24, 2.45) is 0 Å². The smallest absolute Gasteiger partial charge is 0.119 e. The summed E-state index contributed by atoms with van der Waals surface area (Å²) < 4.78 is 5.76. The summed E-state index contributed by atoms with van der Waals surface area (Å²) >= 11 is 0. The molecule has 1 N–H and O–H groups in total. The summed E-state index contributed by atoms with van der Waals surface area (Å²) in [4.78, 5) is 0. The highest BCUT2D eigenvalue weighted by atomic mass is 16.5. The van der Waals surface area contributed by atoms with Crippen molar-refractivity contribution in [2.45, 2.75) is 25.3 Å². The first-order chi connectivity index (χ1) is 9.67. The average Bonchev–Trinajstić information content (AvgIpc) is 2.51. The number of hydrogen-bond donors (Lipinski definition) is 1. The van der Waals surface area contributed by atoms with Gasteiger partial charge in [-0.05, 0) is 49.7 Å². The van der Waals surface area contributed by atoms with E-state index >= 15 is 0 Å². The second kappa shape index (κ2) is 6.40. The van der Waals surface area contributed by atoms with Crippen LogP contribution in [0, 0.1) is 11.3 Å². The lowest BCUT2D eigenvalue weighted by atomic mass is 9.98. The van der Waals surface area contributed by atoms with E-state index in [1.807, 2.05) is 32.2 Å². The van der Waals surface area contributed by atoms with Crippen LogP contribution in [-0.2, 0) is 0 Å². The van der Waals surface area contributed by atoms with E-state index < -0.39 is 5.54 Å². The molecule has 3 nitrogen and oxygen atoms in total. The largest absolute Gasteiger partial charge is 0.494 e. The number of benzene rings is 2. The van der Waals surface area contributed by atoms with Gasteiger partial charge in [0.25, 0.3) is 0 Å². The first-order valence-electron chi connectivity index (χ1n) is 6.89. The molecule has 0 aliphatic heterocycles. The van der Waals surface area contributed by atoms with Crippen molar-refractivity contribution in [2.75, 3.05) is 13.7 Å². The molecule has 2 aromatic carbocycles. The van der Waals surface area contributed by atoms with Gasteiger partial charge in [-0.15, -0.1) is 0 Å². The maximum absolute atomic E-state index is 9.07. The summed E-state index contributed by atoms with van der Waals surface area (Å²) in [5, 5.41) is 14.5. The molecule has 0 spiro atoms. The fourth-order valence-corrected chi connectivity index (χ4v) is 2.11. The molecule has 2 rings (SSSR count). The van der Waals surface area contributed by atoms with Crippen LogP contribution < -0.4 is 10.1 Å². The van der Waals surface area contributed by atoms with Gasteiger partial charge in [-0.1, -0.05) is 30.3 Å². The van der Waals surface area contributed by atoms with Crippen LogP contribution >= 0.6 is 0 Å². The number of ether oxygens (including phenoxy) is 1. The molecule has 1 unspecified atom stereocenters. The fraction of sp³-hybridized carbons (Fsp3) is 0.353. The van der Waals surface area contributed by atoms with Crippen molar-refractivity contribution in [3.05, 3.63) is 42.5 Å². The molecule has 0 bridgehead atoms. The van der Waals surface area contributed by atoms with Crippen molar-refractivity contribution in [1.29, 1.82) is 5.26 Å². The Morgan fingerprint density at radius 1 is 1.20 bits per heavy atom. The van der Waals surface area contributed by atoms with Gasteiger partial charge in [0.15, 0.2) is 0 Å². The van der Waals surface area contributed by atoms with E-state index in [-0.39, 0.29) is 0 Å². The summed E-state index contributed by atoms with van der Waals surface area (Å²) in [5.74, 6) is 0.881. The van der Waals surface area contributed by atoms with Gasteiger partial charge < -0.3 is 10.1 Å². The summed E-state index contributed by atoms with van der Waals surface area (Å²) in [6, 6.07) is 16.6. The number of hydrogen-bond acceptors (Lipinski definition) is 3. The second-order valence-electron chi connectivity index (χ2n) is 5.15. The second-order valence-corrected chi connectivity index (χ2v) is 5.15. The fourth-order valence-electron chi connectivity index (χ4n) is 2.11. The Balaban J connectivity index is 1.89. The van der Waals surface area contributed by atoms with Crippen LogP contribution in [-0.4, -0.2) is 19.2 Å². The van der Waals surface area contributed by atoms with Gasteiger partial charge in [0.1, 0.15) is 11.3 Å². The first kappa shape index (κ1) is 14.4. The van der Waals surface area contributed by atoms with Crippen molar-refractivity contribution < 1.29 is 4.74 Å². The third-order valence-electron chi connectivity index (χ3n) is 3.61. The highest BCUT2D eigenvalue weighted by Gasteiger charge is 2.19. The van der Waals surface area contributed by atoms with Crippen molar-refractivity contribution in [1.82, 2.24) is 5.32 Å². The molecule has 0 radical (unpaired) electrons. The molecule has 3 heteroatoms. The number of nitrogens with zero attached hydrogens (tertiary/aromatic N) is 1. The molecule has 0 aliphatic carbocycles. The Morgan fingerprint density at radius 3 is 2.65 bits per heavy atom. The monoisotopic (exact) mass is 268 g/mol. The van der Waals surface area contributed by atoms with Crippen molar-refractivity contribution in [3.8, 4) is 11.8 Å². The minimum absolute atomic E-state index is 0.466. The zero-order valence-corrected chi connectivity index (χ0v) is 12.0. The van der Waals surface area contributed by atoms with Crippen molar-refractivity contribution >= 4 is 10.8 Å². The Bertz CT molecular complexity index is 618. The van der Waals surface area contributed by atoms with Gasteiger partial charge in [0.05, 0.1) is 12.7 Å². The number of fused-ring (bicyclic) bond motifs is 1. The van der Waals surface area contributed by atoms with Gasteiger partial charge in [0.2, 0.25) is 0 Å². The van der Waals surface area contributed by atoms with Crippen LogP contribution in [0.4, 0.5) is 0 Å². The minimum atomic E-state index is -0.466. The van der Waals surface area contributed by atoms with E-state index in [1.165, 1.54) is 10.8 Å². The third kappa shape index (κ3) is 3.49. The number of rotatable bonds is 6. The van der Waals surface area contributed by atoms with Gasteiger partial charge >= 0.3 is 0 Å². The Hall–Kier alpha value is -2.05. The lowest BCUT2D eigenvalue weighted by molar-refractivity contribution is 0.289. The van der Waals surface area contributed by atoms with E-state index in [9.17, 15) is 0 Å². The van der Waals surface area contributed by atoms with Crippen LogP contribution in [0.15, 0.2) is 42.5 Å². The molecule has 0 heterocycles. The predicted molar refractivity (Wildman–Crippen MR) is 81.8 cm³/mol. The van der Waals surface area contributed by atoms with Gasteiger partial charge in [0, 0.05) is 0 Å². The Labute approximate surface area is 120 Å². The zero-order valence-electron chi connectivity index (χ0n) is 12.0. The van der Waals surface area contributed by atoms with E-state index in [0.29, 0.717) is 6.61 Å². The van der Waals surface area contributed by atoms with E-state index in [1.54, 1.807) is 0 Å². The lowest BCUT2D eigenvalue weighted by Gasteiger charge is -2.20. The van der Waals surface area contributed by atoms with Crippen LogP contribution in [0.25, 0.3) is 10.8 Å². The topological polar surface area (TPSA) is 45.0 Å². The van der Waals surface area contributed by atoms with Gasteiger partial charge in [-0.2, -0.15) is 5.26 Å². The summed E-state index contributed by atoms with van der Waals surface area (Å²) in [6.07, 6.45) is 1.62. The summed E-state index contributed by atoms with van der Waals surface area (Å²) in [7, 11) is 1.81. The number of nitriles is 1. The van der Waals surface area contributed by atoms with Crippen LogP contribution in [0.2, 0.25) is 0 Å². The molecular formula is C17H20N2O. The lowest BCUT2D eigenvalue weighted by Crippen LogP contribution is -2.38. The molecule has 0 saturated carbocycles. The van der Waals surface area contributed by atoms with Crippen LogP contribution in [0.5, 0.6) is 5.75 Å². The van der Waals surface area contributed by atoms with Crippen molar-refractivity contribution in [3.63, 3.8) is 0 Å². The number of nitrogens with one attached hydrogen (secondary N) is 1. The first-order valence-corrected chi connectivity index (χ1v) is 6.89. The summed E-state index contributed by atoms with van der Waals surface area (Å²) in [5.41, 5.74) is -0.466. The molecular weight excluding hydrogens is 248 g/mol. The van der Waals surface area contributed by atoms with E-state index in [2.05, 4.69) is 35.7 Å². The third-order valence-corrected chi connectivity index (χ3v) is 3.61. The molecule has 0 fully saturated rings. The average molecular weight is 268 g/mol. The van der Waals surface area contributed by atoms with E-state index in [4.69, 9.17) is 10.00 Å². The molecule has 2 aromatic rings. The predicted octanol–water partition coefficient (Wildman–Crippen LogP) is 3.50. The van der Waals surface area contributed by atoms with Crippen LogP contribution in [0.3, 0.4) is 0 Å². The SMILES string of the molecule is CNC(C)(C#N)CCCOc1ccc2ccccc2c1. The molecule has 0 aliphatic rings. The quantitative estimate of drug-likeness (QED) is 0.815. The Morgan fingerprint density at radius 2 is 1.95 bits per heavy atom. The standard InChI is InChI=1S/C17H20N2O/c1-17(13-18,19-2)10-5-11-20-16-9-8-14-6-3-4-7-15(14)12-16/h3-4,6-9,12,19H,5,10-11H2,1-2H3. The minimum Gasteiger partial charge on any atom is -0.494 e. The van der Waals surface area contributed by atoms with Gasteiger partial charge in [-0.3, -0.25) is 0 Å². The molecule has 104 valence electrons. The maximum atomic E-state index is 9.07. The molecule has 0 saturated heterocycles. The molecule has 1 atom stereocenters. The maximum Gasteiger partial charge on any atom is 0.119 e. The highest BCUT2D eigenvalue weighted by Crippen LogP contribution is 2.21. The molecule has 0 amide bonds.